The molecule has 5 nitrogen and oxygen atoms in total. The molecule has 2 heterocycles. The van der Waals surface area contributed by atoms with Gasteiger partial charge in [-0.1, -0.05) is 30.3 Å². The quantitative estimate of drug-likeness (QED) is 0.425. The number of nitrogens with zero attached hydrogens (tertiary/aromatic N) is 4. The molecule has 0 fully saturated rings. The lowest BCUT2D eigenvalue weighted by atomic mass is 10.1. The van der Waals surface area contributed by atoms with E-state index in [1.54, 1.807) is 0 Å². The molecule has 0 unspecified atom stereocenters. The zero-order chi connectivity index (χ0) is 18.5. The molecule has 0 saturated carbocycles. The Balaban J connectivity index is 1.97. The molecule has 2 aliphatic rings. The summed E-state index contributed by atoms with van der Waals surface area (Å²) in [5, 5.41) is 10.2. The monoisotopic (exact) mass is 458 g/mol. The Bertz CT molecular complexity index is 1120. The molecule has 0 atom stereocenters. The first kappa shape index (κ1) is 17.2. The molecule has 0 aromatic heterocycles. The maximum absolute atomic E-state index is 12.9. The molecule has 2 aliphatic heterocycles. The summed E-state index contributed by atoms with van der Waals surface area (Å²) in [6, 6.07) is 16.3. The summed E-state index contributed by atoms with van der Waals surface area (Å²) < 4.78 is 4.63. The third-order valence-electron chi connectivity index (χ3n) is 4.36. The third-order valence-corrected chi connectivity index (χ3v) is 5.08. The minimum atomic E-state index is -0.389. The van der Waals surface area contributed by atoms with Gasteiger partial charge in [0.05, 0.1) is 17.6 Å². The van der Waals surface area contributed by atoms with E-state index in [4.69, 9.17) is 0 Å². The van der Waals surface area contributed by atoms with Gasteiger partial charge in [0.2, 0.25) is 0 Å². The Hall–Kier alpha value is -2.22. The number of hydrogen-bond donors (Lipinski definition) is 0. The van der Waals surface area contributed by atoms with Crippen LogP contribution in [0.3, 0.4) is 0 Å². The lowest BCUT2D eigenvalue weighted by Crippen LogP contribution is -2.32. The summed E-state index contributed by atoms with van der Waals surface area (Å²) in [7, 11) is 0. The largest absolute Gasteiger partial charge is 0.297 e. The van der Waals surface area contributed by atoms with E-state index in [2.05, 4.69) is 57.1 Å². The molecule has 0 bridgehead atoms. The Kier molecular flexibility index (Phi) is 4.10. The van der Waals surface area contributed by atoms with Crippen LogP contribution >= 0.6 is 22.6 Å². The maximum Gasteiger partial charge on any atom is 0.297 e. The molecule has 6 heteroatoms. The SMILES string of the molecule is CC(C)(C)n1nc2c3ccccc3n(Cc3ccc(I)cc3)nc-2c1=O. The first-order valence-electron chi connectivity index (χ1n) is 8.48. The number of rotatable bonds is 2. The topological polar surface area (TPSA) is 52.7 Å². The number of fused-ring (bicyclic) bond motifs is 3. The van der Waals surface area contributed by atoms with Gasteiger partial charge in [-0.3, -0.25) is 9.48 Å². The van der Waals surface area contributed by atoms with Crippen LogP contribution in [0.2, 0.25) is 0 Å². The molecule has 0 saturated heterocycles. The van der Waals surface area contributed by atoms with Crippen molar-refractivity contribution in [2.45, 2.75) is 32.9 Å². The molecular weight excluding hydrogens is 439 g/mol. The van der Waals surface area contributed by atoms with Gasteiger partial charge in [-0.2, -0.15) is 10.2 Å². The lowest BCUT2D eigenvalue weighted by Gasteiger charge is -2.17. The van der Waals surface area contributed by atoms with Crippen LogP contribution in [-0.2, 0) is 12.1 Å². The van der Waals surface area contributed by atoms with E-state index < -0.39 is 0 Å². The fourth-order valence-electron chi connectivity index (χ4n) is 3.08. The Morgan fingerprint density at radius 3 is 2.35 bits per heavy atom. The molecule has 0 amide bonds. The highest BCUT2D eigenvalue weighted by Crippen LogP contribution is 2.27. The summed E-state index contributed by atoms with van der Waals surface area (Å²) in [4.78, 5) is 12.9. The van der Waals surface area contributed by atoms with Crippen LogP contribution in [0.1, 0.15) is 26.3 Å². The van der Waals surface area contributed by atoms with Crippen LogP contribution in [-0.4, -0.2) is 19.6 Å². The molecule has 132 valence electrons. The molecule has 0 spiro atoms. The standard InChI is InChI=1S/C20H19IN4O/c1-20(2,3)25-19(26)18-17(23-25)15-6-4-5-7-16(15)24(22-18)12-13-8-10-14(21)11-9-13/h4-11H,12H2,1-3H3. The molecule has 0 aliphatic carbocycles. The molecule has 0 radical (unpaired) electrons. The Labute approximate surface area is 165 Å². The Morgan fingerprint density at radius 1 is 0.962 bits per heavy atom. The third kappa shape index (κ3) is 2.92. The van der Waals surface area contributed by atoms with Crippen LogP contribution in [0, 0.1) is 3.57 Å². The zero-order valence-electron chi connectivity index (χ0n) is 14.9. The number of hydrogen-bond acceptors (Lipinski definition) is 3. The summed E-state index contributed by atoms with van der Waals surface area (Å²) in [6.07, 6.45) is 0. The predicted octanol–water partition coefficient (Wildman–Crippen LogP) is 4.11. The van der Waals surface area contributed by atoms with Crippen molar-refractivity contribution in [2.75, 3.05) is 0 Å². The summed E-state index contributed by atoms with van der Waals surface area (Å²) in [6.45, 7) is 6.53. The van der Waals surface area contributed by atoms with Gasteiger partial charge in [-0.25, -0.2) is 4.68 Å². The number of halogens is 1. The fraction of sp³-hybridized carbons (Fsp3) is 0.250. The van der Waals surface area contributed by atoms with E-state index in [9.17, 15) is 4.79 Å². The van der Waals surface area contributed by atoms with E-state index in [1.807, 2.05) is 49.7 Å². The molecule has 0 N–H and O–H groups in total. The number of para-hydroxylation sites is 1. The predicted molar refractivity (Wildman–Crippen MR) is 112 cm³/mol. The van der Waals surface area contributed by atoms with E-state index in [1.165, 1.54) is 8.25 Å². The van der Waals surface area contributed by atoms with Crippen LogP contribution < -0.4 is 5.56 Å². The normalized spacial score (nSPS) is 12.2. The van der Waals surface area contributed by atoms with Crippen LogP contribution in [0.15, 0.2) is 53.3 Å². The van der Waals surface area contributed by atoms with Gasteiger partial charge in [0.15, 0.2) is 5.69 Å². The van der Waals surface area contributed by atoms with Crippen molar-refractivity contribution in [3.8, 4) is 11.4 Å². The maximum atomic E-state index is 12.9. The van der Waals surface area contributed by atoms with Gasteiger partial charge in [0, 0.05) is 8.96 Å². The average Bonchev–Trinajstić information content (AvgIpc) is 2.94. The summed E-state index contributed by atoms with van der Waals surface area (Å²) in [5.41, 5.74) is 2.66. The van der Waals surface area contributed by atoms with Crippen molar-refractivity contribution >= 4 is 33.5 Å². The molecular formula is C20H19IN4O. The Morgan fingerprint density at radius 2 is 1.65 bits per heavy atom. The molecule has 26 heavy (non-hydrogen) atoms. The smallest absolute Gasteiger partial charge is 0.265 e. The van der Waals surface area contributed by atoms with Gasteiger partial charge in [0.1, 0.15) is 5.69 Å². The highest BCUT2D eigenvalue weighted by molar-refractivity contribution is 14.1. The first-order chi connectivity index (χ1) is 12.3. The zero-order valence-corrected chi connectivity index (χ0v) is 17.1. The van der Waals surface area contributed by atoms with Crippen molar-refractivity contribution in [1.82, 2.24) is 19.6 Å². The van der Waals surface area contributed by atoms with Crippen molar-refractivity contribution in [1.29, 1.82) is 0 Å². The second-order valence-electron chi connectivity index (χ2n) is 7.39. The second-order valence-corrected chi connectivity index (χ2v) is 8.63. The van der Waals surface area contributed by atoms with Gasteiger partial charge in [0.25, 0.3) is 5.56 Å². The van der Waals surface area contributed by atoms with Crippen molar-refractivity contribution in [3.63, 3.8) is 0 Å². The second kappa shape index (κ2) is 6.19. The van der Waals surface area contributed by atoms with Gasteiger partial charge < -0.3 is 0 Å². The van der Waals surface area contributed by atoms with Crippen LogP contribution in [0.25, 0.3) is 22.3 Å². The average molecular weight is 458 g/mol. The van der Waals surface area contributed by atoms with E-state index >= 15 is 0 Å². The van der Waals surface area contributed by atoms with E-state index in [0.29, 0.717) is 17.9 Å². The van der Waals surface area contributed by atoms with Crippen molar-refractivity contribution < 1.29 is 0 Å². The van der Waals surface area contributed by atoms with E-state index in [-0.39, 0.29) is 11.1 Å². The summed E-state index contributed by atoms with van der Waals surface area (Å²) in [5.74, 6) is 0. The minimum absolute atomic E-state index is 0.144. The van der Waals surface area contributed by atoms with Crippen LogP contribution in [0.4, 0.5) is 0 Å². The highest BCUT2D eigenvalue weighted by atomic mass is 127. The van der Waals surface area contributed by atoms with Gasteiger partial charge >= 0.3 is 0 Å². The van der Waals surface area contributed by atoms with E-state index in [0.717, 1.165) is 16.5 Å². The van der Waals surface area contributed by atoms with Crippen molar-refractivity contribution in [3.05, 3.63) is 68.0 Å². The molecule has 2 aromatic carbocycles. The van der Waals surface area contributed by atoms with Crippen LogP contribution in [0.5, 0.6) is 0 Å². The van der Waals surface area contributed by atoms with Gasteiger partial charge in [-0.05, 0) is 67.1 Å². The lowest BCUT2D eigenvalue weighted by molar-refractivity contribution is 0.347. The minimum Gasteiger partial charge on any atom is -0.265 e. The highest BCUT2D eigenvalue weighted by Gasteiger charge is 2.26. The fourth-order valence-corrected chi connectivity index (χ4v) is 3.44. The molecule has 4 rings (SSSR count). The van der Waals surface area contributed by atoms with Gasteiger partial charge in [-0.15, -0.1) is 0 Å². The summed E-state index contributed by atoms with van der Waals surface area (Å²) >= 11 is 2.29. The molecule has 2 aromatic rings. The van der Waals surface area contributed by atoms with Crippen molar-refractivity contribution in [2.24, 2.45) is 0 Å². The number of aromatic nitrogens is 4. The number of benzene rings is 2. The first-order valence-corrected chi connectivity index (χ1v) is 9.56.